The number of benzene rings is 6. The molecule has 6 aromatic rings. The highest BCUT2D eigenvalue weighted by molar-refractivity contribution is 5.96. The van der Waals surface area contributed by atoms with Gasteiger partial charge in [0.05, 0.1) is 30.7 Å². The number of hydrogen-bond acceptors (Lipinski definition) is 20. The minimum absolute atomic E-state index is 0.145. The van der Waals surface area contributed by atoms with Gasteiger partial charge in [0.25, 0.3) is 0 Å². The Morgan fingerprint density at radius 2 is 0.762 bits per heavy atom. The highest BCUT2D eigenvalue weighted by Crippen LogP contribution is 2.44. The zero-order valence-corrected chi connectivity index (χ0v) is 48.8. The van der Waals surface area contributed by atoms with Gasteiger partial charge in [0, 0.05) is 0 Å². The first-order valence-electron chi connectivity index (χ1n) is 27.6. The number of fused-ring (bicyclic) bond motifs is 3. The molecule has 0 amide bonds. The maximum atomic E-state index is 12.6. The van der Waals surface area contributed by atoms with Crippen molar-refractivity contribution in [1.82, 2.24) is 0 Å². The maximum Gasteiger partial charge on any atom is 0.519 e. The number of esters is 4. The molecule has 3 aliphatic rings. The van der Waals surface area contributed by atoms with E-state index in [1.807, 2.05) is 79.7 Å². The Hall–Kier alpha value is -8.85. The van der Waals surface area contributed by atoms with E-state index in [2.05, 4.69) is 13.8 Å². The molecule has 0 saturated heterocycles. The molecule has 4 unspecified atom stereocenters. The van der Waals surface area contributed by atoms with E-state index >= 15 is 0 Å². The first-order valence-corrected chi connectivity index (χ1v) is 27.6. The first-order chi connectivity index (χ1) is 40.3. The van der Waals surface area contributed by atoms with Crippen LogP contribution in [-0.4, -0.2) is 69.3 Å². The van der Waals surface area contributed by atoms with Gasteiger partial charge in [0.15, 0.2) is 34.5 Å². The molecule has 6 aromatic carbocycles. The molecule has 0 spiro atoms. The third-order valence-corrected chi connectivity index (χ3v) is 13.4. The van der Waals surface area contributed by atoms with Gasteiger partial charge in [-0.2, -0.15) is 0 Å². The Kier molecular flexibility index (Phi) is 21.6. The van der Waals surface area contributed by atoms with Gasteiger partial charge in [-0.05, 0) is 176 Å². The fourth-order valence-corrected chi connectivity index (χ4v) is 7.41. The summed E-state index contributed by atoms with van der Waals surface area (Å²) >= 11 is 0. The smallest absolute Gasteiger partial charge is 0.428 e. The van der Waals surface area contributed by atoms with E-state index in [0.29, 0.717) is 90.1 Å². The Balaban J connectivity index is 0.000000182. The van der Waals surface area contributed by atoms with Crippen molar-refractivity contribution in [2.24, 2.45) is 10.8 Å². The van der Waals surface area contributed by atoms with E-state index in [1.54, 1.807) is 85.8 Å². The Labute approximate surface area is 487 Å². The summed E-state index contributed by atoms with van der Waals surface area (Å²) in [5.41, 5.74) is 0.608. The van der Waals surface area contributed by atoms with Crippen LogP contribution in [0.3, 0.4) is 0 Å². The molecule has 0 N–H and O–H groups in total. The van der Waals surface area contributed by atoms with Crippen LogP contribution in [0, 0.1) is 10.8 Å². The summed E-state index contributed by atoms with van der Waals surface area (Å²) in [4.78, 5) is 61.5. The Bertz CT molecular complexity index is 3210. The second-order valence-electron chi connectivity index (χ2n) is 20.1. The van der Waals surface area contributed by atoms with Crippen LogP contribution in [0.15, 0.2) is 127 Å². The van der Waals surface area contributed by atoms with Gasteiger partial charge in [-0.25, -0.2) is 14.4 Å². The van der Waals surface area contributed by atoms with E-state index in [0.717, 1.165) is 6.42 Å². The van der Waals surface area contributed by atoms with Crippen LogP contribution in [0.2, 0.25) is 0 Å². The average Bonchev–Trinajstić information content (AvgIpc) is 4.45. The third-order valence-electron chi connectivity index (χ3n) is 13.4. The summed E-state index contributed by atoms with van der Waals surface area (Å²) in [6.07, 6.45) is 1.43. The SMILES string of the molecule is CCOC1Oc2cccc(C(=O)Oc3ccc(C(C)CC)cc3)c2O1.CCOC1Oc2cccc(C(=O)Oc3ccc(OC(=O)C(C)(C)CC)cc3)c2O1.CCOC1Oc2cccc(OC(=O)Oc3ccc(OC(=O)C(C)(C)CC)cc3)c2O1. The fourth-order valence-electron chi connectivity index (χ4n) is 7.41. The van der Waals surface area contributed by atoms with Crippen molar-refractivity contribution in [3.63, 3.8) is 0 Å². The summed E-state index contributed by atoms with van der Waals surface area (Å²) < 4.78 is 80.9. The molecule has 0 aromatic heterocycles. The summed E-state index contributed by atoms with van der Waals surface area (Å²) in [7, 11) is 0. The largest absolute Gasteiger partial charge is 0.519 e. The van der Waals surface area contributed by atoms with E-state index in [9.17, 15) is 24.0 Å². The predicted octanol–water partition coefficient (Wildman–Crippen LogP) is 13.5. The lowest BCUT2D eigenvalue weighted by atomic mass is 9.91. The molecular formula is C64H70O20. The van der Waals surface area contributed by atoms with Gasteiger partial charge in [0.2, 0.25) is 5.75 Å². The van der Waals surface area contributed by atoms with Crippen LogP contribution in [0.25, 0.3) is 0 Å². The average molecular weight is 1160 g/mol. The van der Waals surface area contributed by atoms with Crippen LogP contribution in [0.5, 0.6) is 69.0 Å². The van der Waals surface area contributed by atoms with Crippen LogP contribution in [0.4, 0.5) is 4.79 Å². The monoisotopic (exact) mass is 1160 g/mol. The van der Waals surface area contributed by atoms with Crippen molar-refractivity contribution in [3.8, 4) is 69.0 Å². The lowest BCUT2D eigenvalue weighted by molar-refractivity contribution is -0.174. The molecule has 9 rings (SSSR count). The van der Waals surface area contributed by atoms with Crippen molar-refractivity contribution < 1.29 is 95.0 Å². The van der Waals surface area contributed by atoms with Gasteiger partial charge in [0.1, 0.15) is 39.9 Å². The number of carbonyl (C=O) groups is 5. The number of ether oxygens (including phenoxy) is 15. The minimum Gasteiger partial charge on any atom is -0.428 e. The molecule has 0 bridgehead atoms. The number of para-hydroxylation sites is 3. The molecule has 84 heavy (non-hydrogen) atoms. The summed E-state index contributed by atoms with van der Waals surface area (Å²) in [5, 5.41) is 0. The lowest BCUT2D eigenvalue weighted by Crippen LogP contribution is -2.28. The molecule has 446 valence electrons. The Morgan fingerprint density at radius 1 is 0.417 bits per heavy atom. The number of rotatable bonds is 20. The molecule has 0 radical (unpaired) electrons. The topological polar surface area (TPSA) is 224 Å². The van der Waals surface area contributed by atoms with Gasteiger partial charge < -0.3 is 71.1 Å². The molecule has 20 heteroatoms. The summed E-state index contributed by atoms with van der Waals surface area (Å²) in [6.45, 7) is 19.5. The molecule has 0 saturated carbocycles. The minimum atomic E-state index is -0.955. The van der Waals surface area contributed by atoms with Crippen LogP contribution in [0.1, 0.15) is 128 Å². The van der Waals surface area contributed by atoms with Crippen molar-refractivity contribution >= 4 is 30.0 Å². The van der Waals surface area contributed by atoms with Gasteiger partial charge >= 0.3 is 49.5 Å². The van der Waals surface area contributed by atoms with Gasteiger partial charge in [-0.15, -0.1) is 0 Å². The van der Waals surface area contributed by atoms with Crippen molar-refractivity contribution in [2.75, 3.05) is 19.8 Å². The Morgan fingerprint density at radius 3 is 1.14 bits per heavy atom. The highest BCUT2D eigenvalue weighted by Gasteiger charge is 2.34. The first kappa shape index (κ1) is 62.7. The zero-order chi connectivity index (χ0) is 60.6. The predicted molar refractivity (Wildman–Crippen MR) is 303 cm³/mol. The van der Waals surface area contributed by atoms with E-state index in [1.165, 1.54) is 29.8 Å². The molecule has 3 heterocycles. The molecule has 4 atom stereocenters. The zero-order valence-electron chi connectivity index (χ0n) is 48.8. The van der Waals surface area contributed by atoms with E-state index < -0.39 is 48.4 Å². The normalized spacial score (nSPS) is 15.4. The van der Waals surface area contributed by atoms with Crippen molar-refractivity contribution in [1.29, 1.82) is 0 Å². The molecule has 0 fully saturated rings. The van der Waals surface area contributed by atoms with Crippen molar-refractivity contribution in [3.05, 3.63) is 144 Å². The quantitative estimate of drug-likeness (QED) is 0.0393. The van der Waals surface area contributed by atoms with Crippen LogP contribution >= 0.6 is 0 Å². The van der Waals surface area contributed by atoms with Crippen LogP contribution < -0.4 is 56.8 Å². The molecule has 3 aliphatic heterocycles. The van der Waals surface area contributed by atoms with Gasteiger partial charge in [-0.3, -0.25) is 9.59 Å². The molecule has 0 aliphatic carbocycles. The third kappa shape index (κ3) is 16.4. The summed E-state index contributed by atoms with van der Waals surface area (Å²) in [5.74, 6) is 2.84. The fraction of sp³-hybridized carbons (Fsp3) is 0.359. The highest BCUT2D eigenvalue weighted by atomic mass is 16.9. The van der Waals surface area contributed by atoms with Crippen LogP contribution in [-0.2, 0) is 23.8 Å². The summed E-state index contributed by atoms with van der Waals surface area (Å²) in [6, 6.07) is 34.8. The maximum absolute atomic E-state index is 12.6. The molecular weight excluding hydrogens is 1090 g/mol. The second-order valence-corrected chi connectivity index (χ2v) is 20.1. The molecule has 20 nitrogen and oxygen atoms in total. The standard InChI is InChI=1S/C22H24O8.C22H24O7.C20H22O5/c1-5-22(3,4)19(23)26-14-10-12-15(13-11-14)27-20(24)28-16-8-7-9-17-18(16)30-21(29-17)25-6-2;1-5-22(3,4)20(24)27-15-12-10-14(11-13-15)26-19(23)16-8-7-9-17-18(16)29-21(28-17)25-6-2;1-4-13(3)14-9-11-15(12-10-14)23-19(21)16-7-6-8-17-18(16)25-20(24-17)22-5-2/h7-13,21H,5-6H2,1-4H3;7-13,21H,5-6H2,1-4H3;6-13,20H,4-5H2,1-3H3. The van der Waals surface area contributed by atoms with Gasteiger partial charge in [-0.1, -0.05) is 58.0 Å². The second kappa shape index (κ2) is 28.9. The van der Waals surface area contributed by atoms with E-state index in [-0.39, 0.29) is 40.5 Å². The van der Waals surface area contributed by atoms with Crippen molar-refractivity contribution in [2.45, 2.75) is 121 Å². The number of carbonyl (C=O) groups excluding carboxylic acids is 5. The lowest BCUT2D eigenvalue weighted by Gasteiger charge is -2.20. The number of hydrogen-bond donors (Lipinski definition) is 0. The van der Waals surface area contributed by atoms with E-state index in [4.69, 9.17) is 71.1 Å².